The third-order valence-corrected chi connectivity index (χ3v) is 6.75. The first-order valence-electron chi connectivity index (χ1n) is 10.7. The van der Waals surface area contributed by atoms with Crippen molar-refractivity contribution in [1.29, 1.82) is 0 Å². The number of hydrogen-bond donors (Lipinski definition) is 1. The molecule has 3 unspecified atom stereocenters. The Hall–Kier alpha value is -3.52. The van der Waals surface area contributed by atoms with Gasteiger partial charge in [-0.25, -0.2) is 0 Å². The van der Waals surface area contributed by atoms with Crippen LogP contribution in [0, 0.1) is 0 Å². The summed E-state index contributed by atoms with van der Waals surface area (Å²) < 4.78 is 57.4. The van der Waals surface area contributed by atoms with Crippen molar-refractivity contribution in [3.8, 4) is 11.5 Å². The maximum Gasteiger partial charge on any atom is 0.416 e. The topological polar surface area (TPSA) is 60.8 Å². The highest BCUT2D eigenvalue weighted by Crippen LogP contribution is 2.69. The molecule has 2 heterocycles. The van der Waals surface area contributed by atoms with E-state index in [2.05, 4.69) is 4.98 Å². The van der Waals surface area contributed by atoms with Crippen molar-refractivity contribution in [2.24, 2.45) is 0 Å². The number of methoxy groups -OCH3 is 2. The first-order valence-corrected chi connectivity index (χ1v) is 10.7. The summed E-state index contributed by atoms with van der Waals surface area (Å²) in [6.45, 7) is 0. The predicted molar refractivity (Wildman–Crippen MR) is 117 cm³/mol. The summed E-state index contributed by atoms with van der Waals surface area (Å²) in [6, 6.07) is 14.2. The third kappa shape index (κ3) is 2.94. The van der Waals surface area contributed by atoms with Gasteiger partial charge in [0.25, 0.3) is 0 Å². The fraction of sp³-hybridized carbons (Fsp3) is 0.269. The van der Waals surface area contributed by atoms with Crippen molar-refractivity contribution in [3.63, 3.8) is 0 Å². The molecule has 34 heavy (non-hydrogen) atoms. The number of ether oxygens (including phenoxy) is 3. The van der Waals surface area contributed by atoms with Crippen LogP contribution in [0.15, 0.2) is 78.8 Å². The van der Waals surface area contributed by atoms with Crippen LogP contribution in [-0.4, -0.2) is 24.3 Å². The predicted octanol–water partition coefficient (Wildman–Crippen LogP) is 5.30. The molecule has 8 heteroatoms. The van der Waals surface area contributed by atoms with Crippen molar-refractivity contribution in [2.75, 3.05) is 14.2 Å². The highest BCUT2D eigenvalue weighted by Gasteiger charge is 2.72. The van der Waals surface area contributed by atoms with Gasteiger partial charge in [-0.2, -0.15) is 13.2 Å². The molecule has 0 saturated heterocycles. The molecule has 1 aromatic heterocycles. The number of hydrogen-bond acceptors (Lipinski definition) is 5. The Morgan fingerprint density at radius 1 is 1.06 bits per heavy atom. The molecule has 3 atom stereocenters. The lowest BCUT2D eigenvalue weighted by Crippen LogP contribution is -2.48. The zero-order chi connectivity index (χ0) is 24.1. The van der Waals surface area contributed by atoms with Gasteiger partial charge in [-0.15, -0.1) is 0 Å². The van der Waals surface area contributed by atoms with Crippen LogP contribution in [0.5, 0.6) is 11.5 Å². The summed E-state index contributed by atoms with van der Waals surface area (Å²) in [5.41, 5.74) is -1.91. The van der Waals surface area contributed by atoms with E-state index in [0.717, 1.165) is 17.7 Å². The Bertz CT molecular complexity index is 1240. The van der Waals surface area contributed by atoms with Crippen LogP contribution in [0.2, 0.25) is 0 Å². The first kappa shape index (κ1) is 22.3. The number of aromatic nitrogens is 1. The lowest BCUT2D eigenvalue weighted by atomic mass is 9.71. The van der Waals surface area contributed by atoms with Gasteiger partial charge in [0.1, 0.15) is 11.5 Å². The minimum atomic E-state index is -4.49. The third-order valence-electron chi connectivity index (χ3n) is 6.75. The van der Waals surface area contributed by atoms with Crippen molar-refractivity contribution >= 4 is 0 Å². The Kier molecular flexibility index (Phi) is 5.09. The number of fused-ring (bicyclic) bond motifs is 3. The van der Waals surface area contributed by atoms with E-state index >= 15 is 0 Å². The normalized spacial score (nSPS) is 26.6. The van der Waals surface area contributed by atoms with Crippen LogP contribution in [-0.2, 0) is 22.1 Å². The van der Waals surface area contributed by atoms with Gasteiger partial charge >= 0.3 is 6.18 Å². The molecule has 5 nitrogen and oxygen atoms in total. The van der Waals surface area contributed by atoms with Gasteiger partial charge in [0.2, 0.25) is 0 Å². The van der Waals surface area contributed by atoms with Crippen molar-refractivity contribution in [2.45, 2.75) is 29.7 Å². The van der Waals surface area contributed by atoms with Crippen LogP contribution in [0.1, 0.15) is 34.6 Å². The highest BCUT2D eigenvalue weighted by atomic mass is 19.4. The Labute approximate surface area is 194 Å². The molecule has 176 valence electrons. The van der Waals surface area contributed by atoms with Crippen LogP contribution in [0.25, 0.3) is 0 Å². The van der Waals surface area contributed by atoms with E-state index in [1.807, 2.05) is 30.3 Å². The Morgan fingerprint density at radius 2 is 1.76 bits per heavy atom. The van der Waals surface area contributed by atoms with E-state index in [4.69, 9.17) is 14.2 Å². The number of halogens is 3. The second kappa shape index (κ2) is 7.77. The SMILES string of the molecule is CO/C=C1\CC(c2ccccc2)C2(c3ccc(C(F)(F)F)cc3)Oc3cncc(OC)c3C12O. The second-order valence-electron chi connectivity index (χ2n) is 8.38. The van der Waals surface area contributed by atoms with Gasteiger partial charge < -0.3 is 19.3 Å². The van der Waals surface area contributed by atoms with Crippen molar-refractivity contribution in [3.05, 3.63) is 101 Å². The molecule has 1 saturated carbocycles. The fourth-order valence-corrected chi connectivity index (χ4v) is 5.37. The molecule has 2 aliphatic rings. The van der Waals surface area contributed by atoms with Crippen molar-refractivity contribution < 1.29 is 32.5 Å². The number of aliphatic hydroxyl groups is 1. The number of pyridine rings is 1. The van der Waals surface area contributed by atoms with E-state index in [9.17, 15) is 18.3 Å². The van der Waals surface area contributed by atoms with E-state index < -0.39 is 28.9 Å². The standard InChI is InChI=1S/C26H22F3NO4/c1-32-15-19-12-20(16-6-4-3-5-7-16)25(17-8-10-18(11-9-17)26(27,28)29)24(19,31)23-21(33-2)13-30-14-22(23)34-25/h3-11,13-15,20,31H,12H2,1-2H3/b19-15+. The molecule has 3 aromatic rings. The molecule has 1 fully saturated rings. The molecule has 0 radical (unpaired) electrons. The summed E-state index contributed by atoms with van der Waals surface area (Å²) in [7, 11) is 2.94. The number of benzene rings is 2. The van der Waals surface area contributed by atoms with E-state index in [0.29, 0.717) is 34.6 Å². The summed E-state index contributed by atoms with van der Waals surface area (Å²) in [6.07, 6.45) is 0.283. The van der Waals surface area contributed by atoms with Crippen LogP contribution in [0.4, 0.5) is 13.2 Å². The maximum absolute atomic E-state index is 13.3. The average Bonchev–Trinajstić information content (AvgIpc) is 3.25. The zero-order valence-corrected chi connectivity index (χ0v) is 18.5. The van der Waals surface area contributed by atoms with Gasteiger partial charge in [-0.1, -0.05) is 42.5 Å². The van der Waals surface area contributed by atoms with Crippen molar-refractivity contribution in [1.82, 2.24) is 4.98 Å². The van der Waals surface area contributed by atoms with E-state index in [1.54, 1.807) is 0 Å². The molecule has 5 rings (SSSR count). The first-order chi connectivity index (χ1) is 16.3. The van der Waals surface area contributed by atoms with Gasteiger partial charge in [-0.05, 0) is 29.7 Å². The monoisotopic (exact) mass is 469 g/mol. The highest BCUT2D eigenvalue weighted by molar-refractivity contribution is 5.63. The van der Waals surface area contributed by atoms with E-state index in [-0.39, 0.29) is 0 Å². The molecule has 1 aliphatic heterocycles. The second-order valence-corrected chi connectivity index (χ2v) is 8.38. The van der Waals surface area contributed by atoms with Crippen LogP contribution >= 0.6 is 0 Å². The Morgan fingerprint density at radius 3 is 2.38 bits per heavy atom. The number of rotatable bonds is 4. The molecule has 0 amide bonds. The molecule has 1 aliphatic carbocycles. The number of alkyl halides is 3. The lowest BCUT2D eigenvalue weighted by molar-refractivity contribution is -0.137. The minimum Gasteiger partial charge on any atom is -0.504 e. The van der Waals surface area contributed by atoms with E-state index in [1.165, 1.54) is 45.0 Å². The lowest BCUT2D eigenvalue weighted by Gasteiger charge is -2.40. The summed E-state index contributed by atoms with van der Waals surface area (Å²) in [5.74, 6) is 0.155. The summed E-state index contributed by atoms with van der Waals surface area (Å²) in [5, 5.41) is 12.5. The van der Waals surface area contributed by atoms with Crippen LogP contribution in [0.3, 0.4) is 0 Å². The fourth-order valence-electron chi connectivity index (χ4n) is 5.37. The smallest absolute Gasteiger partial charge is 0.416 e. The van der Waals surface area contributed by atoms with Gasteiger partial charge in [0.15, 0.2) is 11.2 Å². The van der Waals surface area contributed by atoms with Crippen LogP contribution < -0.4 is 9.47 Å². The van der Waals surface area contributed by atoms with Gasteiger partial charge in [0.05, 0.1) is 44.0 Å². The average molecular weight is 469 g/mol. The quantitative estimate of drug-likeness (QED) is 0.526. The Balaban J connectivity index is 1.82. The molecule has 2 aromatic carbocycles. The number of nitrogens with zero attached hydrogens (tertiary/aromatic N) is 1. The molecule has 1 N–H and O–H groups in total. The molecular weight excluding hydrogens is 447 g/mol. The van der Waals surface area contributed by atoms with Gasteiger partial charge in [-0.3, -0.25) is 4.98 Å². The largest absolute Gasteiger partial charge is 0.504 e. The molecule has 0 spiro atoms. The minimum absolute atomic E-state index is 0.296. The maximum atomic E-state index is 13.3. The molecule has 0 bridgehead atoms. The van der Waals surface area contributed by atoms with Gasteiger partial charge in [0, 0.05) is 11.5 Å². The summed E-state index contributed by atoms with van der Waals surface area (Å²) in [4.78, 5) is 4.16. The summed E-state index contributed by atoms with van der Waals surface area (Å²) >= 11 is 0. The molecular formula is C26H22F3NO4. The zero-order valence-electron chi connectivity index (χ0n) is 18.5.